The highest BCUT2D eigenvalue weighted by atomic mass is 35.5. The molecule has 0 saturated heterocycles. The van der Waals surface area contributed by atoms with Crippen molar-refractivity contribution in [1.29, 1.82) is 0 Å². The Morgan fingerprint density at radius 1 is 0.903 bits per heavy atom. The molecule has 3 aromatic heterocycles. The molecule has 2 amide bonds. The van der Waals surface area contributed by atoms with Crippen LogP contribution in [0.25, 0.3) is 16.7 Å². The van der Waals surface area contributed by atoms with Crippen molar-refractivity contribution >= 4 is 40.4 Å². The second kappa shape index (κ2) is 21.9. The van der Waals surface area contributed by atoms with Crippen LogP contribution in [0.15, 0.2) is 46.6 Å². The lowest BCUT2D eigenvalue weighted by molar-refractivity contribution is -0.384. The van der Waals surface area contributed by atoms with Gasteiger partial charge in [-0.3, -0.25) is 38.3 Å². The smallest absolute Gasteiger partial charge is 0.316 e. The normalized spacial score (nSPS) is 12.5. The number of rotatable bonds is 27. The molecule has 3 N–H and O–H groups in total. The third kappa shape index (κ3) is 15.1. The molecule has 0 aliphatic rings. The van der Waals surface area contributed by atoms with Gasteiger partial charge in [-0.15, -0.1) is 5.10 Å². The fraction of sp³-hybridized carbons (Fsp3) is 0.634. The third-order valence-electron chi connectivity index (χ3n) is 9.88. The number of fused-ring (bicyclic) bond motifs is 1. The van der Waals surface area contributed by atoms with Crippen LogP contribution in [-0.2, 0) is 46.6 Å². The zero-order valence-electron chi connectivity index (χ0n) is 37.0. The van der Waals surface area contributed by atoms with Crippen LogP contribution >= 0.6 is 11.9 Å². The lowest BCUT2D eigenvalue weighted by Crippen LogP contribution is -2.38. The first-order valence-electron chi connectivity index (χ1n) is 20.5. The summed E-state index contributed by atoms with van der Waals surface area (Å²) in [6, 6.07) is 2.66. The third-order valence-corrected chi connectivity index (χ3v) is 10.0. The monoisotopic (exact) mass is 888 g/mol. The Labute approximate surface area is 365 Å². The van der Waals surface area contributed by atoms with E-state index in [0.29, 0.717) is 65.7 Å². The van der Waals surface area contributed by atoms with Crippen LogP contribution in [0.4, 0.5) is 5.69 Å². The number of hydrogen-bond donors (Lipinski definition) is 3. The van der Waals surface area contributed by atoms with Crippen molar-refractivity contribution < 1.29 is 33.0 Å². The van der Waals surface area contributed by atoms with Crippen molar-refractivity contribution in [2.75, 3.05) is 59.3 Å². The molecule has 20 nitrogen and oxygen atoms in total. The van der Waals surface area contributed by atoms with Gasteiger partial charge < -0.3 is 39.0 Å². The molecule has 0 spiro atoms. The minimum absolute atomic E-state index is 0.0383. The number of carbonyl (C=O) groups excluding carboxylic acids is 2. The summed E-state index contributed by atoms with van der Waals surface area (Å²) in [4.78, 5) is 68.3. The molecule has 0 saturated carbocycles. The van der Waals surface area contributed by atoms with Gasteiger partial charge in [-0.2, -0.15) is 0 Å². The molecule has 0 atom stereocenters. The van der Waals surface area contributed by atoms with Gasteiger partial charge in [0.05, 0.1) is 86.1 Å². The summed E-state index contributed by atoms with van der Waals surface area (Å²) in [6.07, 6.45) is 6.94. The number of carbonyl (C=O) groups is 2. The first-order valence-corrected chi connectivity index (χ1v) is 20.8. The van der Waals surface area contributed by atoms with Gasteiger partial charge in [-0.25, -0.2) is 4.98 Å². The van der Waals surface area contributed by atoms with E-state index in [1.165, 1.54) is 40.0 Å². The molecule has 0 unspecified atom stereocenters. The summed E-state index contributed by atoms with van der Waals surface area (Å²) < 4.78 is 26.5. The van der Waals surface area contributed by atoms with Crippen LogP contribution in [0, 0.1) is 26.4 Å². The van der Waals surface area contributed by atoms with Crippen LogP contribution in [-0.4, -0.2) is 110 Å². The van der Waals surface area contributed by atoms with E-state index in [2.05, 4.69) is 49.1 Å². The summed E-state index contributed by atoms with van der Waals surface area (Å²) in [7, 11) is 0. The number of imidazole rings is 1. The molecule has 0 aliphatic carbocycles. The Hall–Kier alpha value is -5.02. The summed E-state index contributed by atoms with van der Waals surface area (Å²) in [5.41, 5.74) is -2.18. The second-order valence-electron chi connectivity index (χ2n) is 18.5. The molecule has 3 heterocycles. The Kier molecular flexibility index (Phi) is 17.5. The molecular formula is C41H61ClN10O10. The minimum atomic E-state index is -0.919. The quantitative estimate of drug-likeness (QED) is 0.0332. The first kappa shape index (κ1) is 49.6. The van der Waals surface area contributed by atoms with E-state index in [0.717, 1.165) is 5.69 Å². The number of aryl methyl sites for hydroxylation is 1. The highest BCUT2D eigenvalue weighted by Gasteiger charge is 2.30. The molecule has 342 valence electrons. The second-order valence-corrected chi connectivity index (χ2v) is 18.7. The molecule has 0 fully saturated rings. The SMILES string of the molecule is CC(C)(CNC(=O)CCCn1c(=O)c(=O)[nH]c2cc([N+](=O)[O-])c(-n3ccnc3)cc21)COCC(C)(C)c1cn(CC(C)(C)COCC(C)(C)CC(=O)NCCOCCOCl)nn1. The largest absolute Gasteiger partial charge is 0.380 e. The van der Waals surface area contributed by atoms with Crippen LogP contribution < -0.4 is 21.8 Å². The van der Waals surface area contributed by atoms with E-state index >= 15 is 0 Å². The molecule has 0 bridgehead atoms. The predicted molar refractivity (Wildman–Crippen MR) is 231 cm³/mol. The first-order chi connectivity index (χ1) is 29.1. The number of nitro groups is 1. The molecular weight excluding hydrogens is 828 g/mol. The van der Waals surface area contributed by atoms with Gasteiger partial charge in [0.1, 0.15) is 5.69 Å². The number of aromatic nitrogens is 7. The average Bonchev–Trinajstić information content (AvgIpc) is 3.89. The van der Waals surface area contributed by atoms with Crippen molar-refractivity contribution in [1.82, 2.24) is 44.7 Å². The standard InChI is InChI=1S/C41H61ClN10O10/c1-38(2,20-35(54)44-12-15-59-16-17-62-42)24-60-26-40(5,6)23-50-21-33(47-48-50)41(7,8)27-61-25-39(3,4)22-45-34(53)10-9-13-51-30-19-31(49-14-11-43-28-49)32(52(57)58)18-29(30)46-36(55)37(51)56/h11,14,18-19,21,28H,9-10,12-13,15-17,20,22-27H2,1-8H3,(H,44,54)(H,45,53)(H,46,55). The van der Waals surface area contributed by atoms with Crippen LogP contribution in [0.2, 0.25) is 0 Å². The molecule has 21 heteroatoms. The number of nitrogens with one attached hydrogen (secondary N) is 3. The highest BCUT2D eigenvalue weighted by Crippen LogP contribution is 2.29. The van der Waals surface area contributed by atoms with Crippen molar-refractivity contribution in [3.05, 3.63) is 73.6 Å². The van der Waals surface area contributed by atoms with E-state index in [1.54, 1.807) is 4.68 Å². The number of H-pyrrole nitrogens is 1. The number of nitro benzene ring substituents is 1. The fourth-order valence-corrected chi connectivity index (χ4v) is 6.64. The predicted octanol–water partition coefficient (Wildman–Crippen LogP) is 4.05. The Bertz CT molecular complexity index is 2230. The highest BCUT2D eigenvalue weighted by molar-refractivity contribution is 6.07. The molecule has 0 aliphatic heterocycles. The number of nitrogens with zero attached hydrogens (tertiary/aromatic N) is 7. The zero-order valence-corrected chi connectivity index (χ0v) is 37.7. The number of halogens is 1. The van der Waals surface area contributed by atoms with E-state index in [4.69, 9.17) is 26.1 Å². The van der Waals surface area contributed by atoms with Crippen LogP contribution in [0.1, 0.15) is 80.3 Å². The summed E-state index contributed by atoms with van der Waals surface area (Å²) >= 11 is 5.15. The van der Waals surface area contributed by atoms with Gasteiger partial charge >= 0.3 is 11.1 Å². The Morgan fingerprint density at radius 2 is 1.61 bits per heavy atom. The maximum absolute atomic E-state index is 12.9. The Morgan fingerprint density at radius 3 is 2.31 bits per heavy atom. The maximum Gasteiger partial charge on any atom is 0.316 e. The lowest BCUT2D eigenvalue weighted by atomic mass is 9.89. The summed E-state index contributed by atoms with van der Waals surface area (Å²) in [6.45, 7) is 20.1. The van der Waals surface area contributed by atoms with Gasteiger partial charge in [0.25, 0.3) is 5.69 Å². The summed E-state index contributed by atoms with van der Waals surface area (Å²) in [5.74, 6) is -0.309. The van der Waals surface area contributed by atoms with Gasteiger partial charge in [0.2, 0.25) is 11.8 Å². The number of aromatic amines is 1. The van der Waals surface area contributed by atoms with Gasteiger partial charge in [0, 0.05) is 79.9 Å². The van der Waals surface area contributed by atoms with E-state index in [-0.39, 0.29) is 71.0 Å². The van der Waals surface area contributed by atoms with Crippen molar-refractivity contribution in [2.24, 2.45) is 16.2 Å². The molecule has 62 heavy (non-hydrogen) atoms. The van der Waals surface area contributed by atoms with Crippen LogP contribution in [0.3, 0.4) is 0 Å². The van der Waals surface area contributed by atoms with E-state index in [9.17, 15) is 29.3 Å². The van der Waals surface area contributed by atoms with Gasteiger partial charge in [-0.05, 0) is 17.9 Å². The molecule has 0 radical (unpaired) electrons. The number of hydrogen-bond acceptors (Lipinski definition) is 13. The summed E-state index contributed by atoms with van der Waals surface area (Å²) in [5, 5.41) is 26.4. The zero-order chi connectivity index (χ0) is 45.7. The molecule has 4 aromatic rings. The van der Waals surface area contributed by atoms with Gasteiger partial charge in [-0.1, -0.05) is 60.6 Å². The van der Waals surface area contributed by atoms with E-state index < -0.39 is 26.9 Å². The average molecular weight is 889 g/mol. The number of amides is 2. The van der Waals surface area contributed by atoms with Crippen molar-refractivity contribution in [3.8, 4) is 5.69 Å². The fourth-order valence-electron chi connectivity index (χ4n) is 6.58. The Balaban J connectivity index is 1.20. The van der Waals surface area contributed by atoms with Gasteiger partial charge in [0.15, 0.2) is 0 Å². The molecule has 4 rings (SSSR count). The lowest BCUT2D eigenvalue weighted by Gasteiger charge is -2.29. The topological polar surface area (TPSA) is 242 Å². The molecule has 1 aromatic carbocycles. The van der Waals surface area contributed by atoms with E-state index in [1.807, 2.05) is 47.7 Å². The van der Waals surface area contributed by atoms with Crippen LogP contribution in [0.5, 0.6) is 0 Å². The maximum atomic E-state index is 12.9. The van der Waals surface area contributed by atoms with Crippen molar-refractivity contribution in [2.45, 2.75) is 93.2 Å². The van der Waals surface area contributed by atoms with Crippen molar-refractivity contribution in [3.63, 3.8) is 0 Å². The number of ether oxygens (including phenoxy) is 3. The minimum Gasteiger partial charge on any atom is -0.380 e. The number of benzene rings is 1.